The summed E-state index contributed by atoms with van der Waals surface area (Å²) in [4.78, 5) is 0. The van der Waals surface area contributed by atoms with Gasteiger partial charge < -0.3 is 5.32 Å². The fourth-order valence-corrected chi connectivity index (χ4v) is 2.75. The van der Waals surface area contributed by atoms with Crippen molar-refractivity contribution in [2.75, 3.05) is 6.54 Å². The Hall–Kier alpha value is -0.0400. The molecule has 1 saturated carbocycles. The van der Waals surface area contributed by atoms with E-state index >= 15 is 0 Å². The van der Waals surface area contributed by atoms with Crippen molar-refractivity contribution in [3.63, 3.8) is 0 Å². The van der Waals surface area contributed by atoms with E-state index in [1.807, 2.05) is 0 Å². The van der Waals surface area contributed by atoms with E-state index in [-0.39, 0.29) is 0 Å². The van der Waals surface area contributed by atoms with Gasteiger partial charge in [-0.3, -0.25) is 0 Å². The molecule has 2 aliphatic rings. The lowest BCUT2D eigenvalue weighted by molar-refractivity contribution is 0.202. The third-order valence-electron chi connectivity index (χ3n) is 2.95. The highest BCUT2D eigenvalue weighted by Crippen LogP contribution is 2.41. The van der Waals surface area contributed by atoms with Crippen LogP contribution >= 0.6 is 0 Å². The highest BCUT2D eigenvalue weighted by molar-refractivity contribution is 4.93. The van der Waals surface area contributed by atoms with Crippen molar-refractivity contribution in [1.82, 2.24) is 5.32 Å². The Morgan fingerprint density at radius 1 is 1.30 bits per heavy atom. The molecular weight excluding hydrogens is 122 g/mol. The highest BCUT2D eigenvalue weighted by Gasteiger charge is 2.37. The van der Waals surface area contributed by atoms with Crippen LogP contribution in [0.1, 0.15) is 33.1 Å². The van der Waals surface area contributed by atoms with Crippen LogP contribution in [0, 0.1) is 11.3 Å². The van der Waals surface area contributed by atoms with Crippen molar-refractivity contribution in [2.45, 2.75) is 39.2 Å². The van der Waals surface area contributed by atoms with Gasteiger partial charge in [0.25, 0.3) is 0 Å². The molecular formula is C9H17N. The molecule has 0 radical (unpaired) electrons. The van der Waals surface area contributed by atoms with E-state index in [9.17, 15) is 0 Å². The lowest BCUT2D eigenvalue weighted by Crippen LogP contribution is -2.29. The third-order valence-corrected chi connectivity index (χ3v) is 2.95. The maximum atomic E-state index is 3.57. The lowest BCUT2D eigenvalue weighted by atomic mass is 9.72. The minimum atomic E-state index is 0.622. The summed E-state index contributed by atoms with van der Waals surface area (Å²) in [6, 6.07) is 0.855. The second kappa shape index (κ2) is 1.97. The van der Waals surface area contributed by atoms with Gasteiger partial charge in [0.05, 0.1) is 0 Å². The topological polar surface area (TPSA) is 12.0 Å². The summed E-state index contributed by atoms with van der Waals surface area (Å²) < 4.78 is 0. The molecule has 0 spiro atoms. The van der Waals surface area contributed by atoms with Crippen molar-refractivity contribution < 1.29 is 0 Å². The first-order valence-electron chi connectivity index (χ1n) is 4.39. The van der Waals surface area contributed by atoms with Crippen LogP contribution in [0.4, 0.5) is 0 Å². The molecule has 1 unspecified atom stereocenters. The van der Waals surface area contributed by atoms with Gasteiger partial charge >= 0.3 is 0 Å². The minimum absolute atomic E-state index is 0.622. The summed E-state index contributed by atoms with van der Waals surface area (Å²) in [6.45, 7) is 6.09. The molecule has 0 aromatic carbocycles. The Balaban J connectivity index is 2.09. The van der Waals surface area contributed by atoms with Gasteiger partial charge in [0.2, 0.25) is 0 Å². The van der Waals surface area contributed by atoms with Crippen LogP contribution in [0.15, 0.2) is 0 Å². The van der Waals surface area contributed by atoms with E-state index in [2.05, 4.69) is 19.2 Å². The van der Waals surface area contributed by atoms with Crippen molar-refractivity contribution in [3.8, 4) is 0 Å². The number of hydrogen-bond acceptors (Lipinski definition) is 1. The molecule has 1 aliphatic carbocycles. The van der Waals surface area contributed by atoms with E-state index < -0.39 is 0 Å². The predicted octanol–water partition coefficient (Wildman–Crippen LogP) is 1.78. The van der Waals surface area contributed by atoms with Gasteiger partial charge in [-0.15, -0.1) is 0 Å². The maximum Gasteiger partial charge on any atom is 0.00753 e. The standard InChI is InChI=1S/C9H17N/c1-9(2)4-7-3-8(5-9)10-6-7/h7-8,10H,3-6H2,1-2H3/t7?,8-/m0/s1. The van der Waals surface area contributed by atoms with E-state index in [1.165, 1.54) is 25.8 Å². The molecule has 0 aromatic heterocycles. The van der Waals surface area contributed by atoms with E-state index in [4.69, 9.17) is 0 Å². The minimum Gasteiger partial charge on any atom is -0.314 e. The van der Waals surface area contributed by atoms with Crippen LogP contribution in [-0.4, -0.2) is 12.6 Å². The van der Waals surface area contributed by atoms with Crippen LogP contribution in [0.3, 0.4) is 0 Å². The molecule has 2 atom stereocenters. The summed E-state index contributed by atoms with van der Waals surface area (Å²) in [5, 5.41) is 3.57. The molecule has 2 fully saturated rings. The second-order valence-electron chi connectivity index (χ2n) is 4.78. The maximum absolute atomic E-state index is 3.57. The molecule has 1 nitrogen and oxygen atoms in total. The van der Waals surface area contributed by atoms with Crippen molar-refractivity contribution in [3.05, 3.63) is 0 Å². The summed E-state index contributed by atoms with van der Waals surface area (Å²) in [7, 11) is 0. The Morgan fingerprint density at radius 3 is 2.80 bits per heavy atom. The molecule has 1 heteroatoms. The summed E-state index contributed by atoms with van der Waals surface area (Å²) in [5.41, 5.74) is 0.622. The number of hydrogen-bond donors (Lipinski definition) is 1. The van der Waals surface area contributed by atoms with Crippen molar-refractivity contribution in [2.24, 2.45) is 11.3 Å². The summed E-state index contributed by atoms with van der Waals surface area (Å²) >= 11 is 0. The van der Waals surface area contributed by atoms with E-state index in [0.717, 1.165) is 12.0 Å². The zero-order valence-corrected chi connectivity index (χ0v) is 6.98. The number of nitrogens with one attached hydrogen (secondary N) is 1. The number of rotatable bonds is 0. The smallest absolute Gasteiger partial charge is 0.00753 e. The molecule has 1 aliphatic heterocycles. The zero-order valence-electron chi connectivity index (χ0n) is 6.98. The van der Waals surface area contributed by atoms with Crippen molar-refractivity contribution in [1.29, 1.82) is 0 Å². The monoisotopic (exact) mass is 139 g/mol. The first-order valence-corrected chi connectivity index (χ1v) is 4.39. The van der Waals surface area contributed by atoms with Gasteiger partial charge in [-0.25, -0.2) is 0 Å². The molecule has 58 valence electrons. The summed E-state index contributed by atoms with van der Waals surface area (Å²) in [5.74, 6) is 0.994. The fraction of sp³-hybridized carbons (Fsp3) is 1.00. The Morgan fingerprint density at radius 2 is 2.10 bits per heavy atom. The molecule has 2 bridgehead atoms. The molecule has 0 aromatic rings. The lowest BCUT2D eigenvalue weighted by Gasteiger charge is -2.33. The quantitative estimate of drug-likeness (QED) is 0.539. The highest BCUT2D eigenvalue weighted by atomic mass is 15.0. The molecule has 10 heavy (non-hydrogen) atoms. The van der Waals surface area contributed by atoms with Gasteiger partial charge in [0.1, 0.15) is 0 Å². The molecule has 1 saturated heterocycles. The second-order valence-corrected chi connectivity index (χ2v) is 4.78. The van der Waals surface area contributed by atoms with Crippen LogP contribution in [0.2, 0.25) is 0 Å². The SMILES string of the molecule is CC1(C)CC2CN[C@@H](C2)C1. The largest absolute Gasteiger partial charge is 0.314 e. The number of fused-ring (bicyclic) bond motifs is 2. The van der Waals surface area contributed by atoms with Crippen LogP contribution in [0.5, 0.6) is 0 Å². The van der Waals surface area contributed by atoms with Gasteiger partial charge in [-0.2, -0.15) is 0 Å². The Kier molecular flexibility index (Phi) is 1.31. The van der Waals surface area contributed by atoms with Crippen molar-refractivity contribution >= 4 is 0 Å². The fourth-order valence-electron chi connectivity index (χ4n) is 2.75. The van der Waals surface area contributed by atoms with Crippen LogP contribution < -0.4 is 5.32 Å². The molecule has 1 N–H and O–H groups in total. The molecule has 1 heterocycles. The van der Waals surface area contributed by atoms with Gasteiger partial charge in [-0.05, 0) is 37.1 Å². The first kappa shape index (κ1) is 6.66. The van der Waals surface area contributed by atoms with Gasteiger partial charge in [0.15, 0.2) is 0 Å². The predicted molar refractivity (Wildman–Crippen MR) is 42.9 cm³/mol. The first-order chi connectivity index (χ1) is 4.66. The van der Waals surface area contributed by atoms with E-state index in [1.54, 1.807) is 0 Å². The van der Waals surface area contributed by atoms with Crippen LogP contribution in [-0.2, 0) is 0 Å². The van der Waals surface area contributed by atoms with E-state index in [0.29, 0.717) is 5.41 Å². The zero-order chi connectivity index (χ0) is 7.19. The average Bonchev–Trinajstić information content (AvgIpc) is 2.08. The molecule has 0 amide bonds. The molecule has 2 rings (SSSR count). The Labute approximate surface area is 63.2 Å². The van der Waals surface area contributed by atoms with Gasteiger partial charge in [0, 0.05) is 6.04 Å². The van der Waals surface area contributed by atoms with Crippen LogP contribution in [0.25, 0.3) is 0 Å². The third kappa shape index (κ3) is 1.07. The normalized spacial score (nSPS) is 43.8. The average molecular weight is 139 g/mol. The Bertz CT molecular complexity index is 126. The summed E-state index contributed by atoms with van der Waals surface area (Å²) in [6.07, 6.45) is 4.28. The van der Waals surface area contributed by atoms with Gasteiger partial charge in [-0.1, -0.05) is 13.8 Å².